The number of nitrogens with one attached hydrogen (secondary N) is 1. The van der Waals surface area contributed by atoms with Crippen molar-refractivity contribution < 1.29 is 21.8 Å². The zero-order valence-corrected chi connectivity index (χ0v) is 7.41. The maximum Gasteiger partial charge on any atom is 2.00 e. The summed E-state index contributed by atoms with van der Waals surface area (Å²) in [6, 6.07) is 7.11. The molecule has 67 valence electrons. The number of methoxy groups -OCH3 is 1. The number of ether oxygens (including phenoxy) is 1. The van der Waals surface area contributed by atoms with Crippen LogP contribution in [0.2, 0.25) is 0 Å². The average Bonchev–Trinajstić information content (AvgIpc) is 2.09. The Hall–Kier alpha value is -1.17. The summed E-state index contributed by atoms with van der Waals surface area (Å²) in [5, 5.41) is 6.25. The molecule has 0 spiro atoms. The number of rotatable bonds is 1. The van der Waals surface area contributed by atoms with Gasteiger partial charge in [-0.1, -0.05) is 23.9 Å². The summed E-state index contributed by atoms with van der Waals surface area (Å²) in [6.45, 7) is 4.75. The maximum absolute atomic E-state index is 7.25. The maximum atomic E-state index is 7.25. The van der Waals surface area contributed by atoms with Gasteiger partial charge in [-0.3, -0.25) is 0 Å². The van der Waals surface area contributed by atoms with Crippen LogP contribution in [0.1, 0.15) is 0 Å². The van der Waals surface area contributed by atoms with E-state index in [0.29, 0.717) is 11.4 Å². The van der Waals surface area contributed by atoms with E-state index >= 15 is 0 Å². The number of benzene rings is 1. The van der Waals surface area contributed by atoms with Crippen LogP contribution in [0.5, 0.6) is 5.75 Å². The molecular weight excluding hydrogens is 204 g/mol. The van der Waals surface area contributed by atoms with Crippen LogP contribution in [0.4, 0.5) is 5.69 Å². The van der Waals surface area contributed by atoms with Crippen molar-refractivity contribution in [1.29, 1.82) is 5.26 Å². The molecule has 0 aliphatic heterocycles. The third-order valence-corrected chi connectivity index (χ3v) is 1.11. The summed E-state index contributed by atoms with van der Waals surface area (Å²) in [4.78, 5) is 0. The smallest absolute Gasteiger partial charge is 0.696 e. The van der Waals surface area contributed by atoms with Gasteiger partial charge in [0.1, 0.15) is 5.75 Å². The summed E-state index contributed by atoms with van der Waals surface area (Å²) in [5.41, 5.74) is 7.68. The van der Waals surface area contributed by atoms with E-state index in [1.165, 1.54) is 0 Å². The largest absolute Gasteiger partial charge is 2.00 e. The number of para-hydroxylation sites is 1. The molecule has 0 amide bonds. The third kappa shape index (κ3) is 3.87. The molecule has 0 atom stereocenters. The molecule has 0 saturated heterocycles. The minimum Gasteiger partial charge on any atom is -0.696 e. The Morgan fingerprint density at radius 3 is 2.17 bits per heavy atom. The predicted octanol–water partition coefficient (Wildman–Crippen LogP) is 2.47. The standard InChI is InChI=1S/C7H8NO.CN.Cu/c1-9-7-5-3-2-4-6(7)8;1-2;/h2-5,8H,1H3;;/q2*-1;+2. The van der Waals surface area contributed by atoms with E-state index in [1.54, 1.807) is 19.2 Å². The first-order valence-corrected chi connectivity index (χ1v) is 2.91. The number of hydrogen-bond acceptors (Lipinski definition) is 2. The molecule has 0 saturated carbocycles. The molecule has 0 aromatic heterocycles. The van der Waals surface area contributed by atoms with E-state index in [-0.39, 0.29) is 17.1 Å². The first kappa shape index (κ1) is 13.4. The van der Waals surface area contributed by atoms with Gasteiger partial charge in [-0.2, -0.15) is 0 Å². The summed E-state index contributed by atoms with van der Waals surface area (Å²) in [5.74, 6) is 0.623. The second-order valence-corrected chi connectivity index (χ2v) is 1.70. The van der Waals surface area contributed by atoms with Gasteiger partial charge in [0, 0.05) is 0 Å². The van der Waals surface area contributed by atoms with Crippen molar-refractivity contribution in [3.63, 3.8) is 0 Å². The SMILES string of the molecule is COc1ccccc1[NH-].[C-]#N.[Cu+2]. The normalized spacial score (nSPS) is 6.92. The second-order valence-electron chi connectivity index (χ2n) is 1.70. The van der Waals surface area contributed by atoms with Gasteiger partial charge in [0.15, 0.2) is 0 Å². The molecule has 3 nitrogen and oxygen atoms in total. The van der Waals surface area contributed by atoms with Crippen LogP contribution in [-0.2, 0) is 17.1 Å². The van der Waals surface area contributed by atoms with E-state index in [0.717, 1.165) is 0 Å². The topological polar surface area (TPSA) is 56.8 Å². The van der Waals surface area contributed by atoms with E-state index < -0.39 is 0 Å². The average molecular weight is 212 g/mol. The second kappa shape index (κ2) is 7.93. The monoisotopic (exact) mass is 211 g/mol. The van der Waals surface area contributed by atoms with Crippen LogP contribution >= 0.6 is 0 Å². The molecule has 0 aliphatic carbocycles. The fourth-order valence-electron chi connectivity index (χ4n) is 0.645. The first-order chi connectivity index (χ1) is 5.34. The van der Waals surface area contributed by atoms with Gasteiger partial charge in [-0.05, 0) is 6.07 Å². The Morgan fingerprint density at radius 1 is 1.33 bits per heavy atom. The number of nitrogens with zero attached hydrogens (tertiary/aromatic N) is 1. The van der Waals surface area contributed by atoms with Gasteiger partial charge in [0.25, 0.3) is 0 Å². The van der Waals surface area contributed by atoms with Crippen molar-refractivity contribution in [1.82, 2.24) is 0 Å². The molecule has 1 radical (unpaired) electrons. The van der Waals surface area contributed by atoms with Gasteiger partial charge < -0.3 is 22.3 Å². The fraction of sp³-hybridized carbons (Fsp3) is 0.125. The molecule has 1 N–H and O–H groups in total. The first-order valence-electron chi connectivity index (χ1n) is 2.91. The molecule has 0 heterocycles. The molecule has 0 bridgehead atoms. The summed E-state index contributed by atoms with van der Waals surface area (Å²) in [7, 11) is 1.56. The summed E-state index contributed by atoms with van der Waals surface area (Å²) < 4.78 is 4.86. The minimum atomic E-state index is 0. The Bertz CT molecular complexity index is 237. The fourth-order valence-corrected chi connectivity index (χ4v) is 0.645. The van der Waals surface area contributed by atoms with Crippen LogP contribution in [0.3, 0.4) is 0 Å². The molecule has 0 fully saturated rings. The van der Waals surface area contributed by atoms with Gasteiger partial charge in [-0.15, -0.1) is 0 Å². The van der Waals surface area contributed by atoms with E-state index in [1.807, 2.05) is 12.1 Å². The van der Waals surface area contributed by atoms with Gasteiger partial charge in [-0.25, -0.2) is 0 Å². The summed E-state index contributed by atoms with van der Waals surface area (Å²) in [6.07, 6.45) is 0. The third-order valence-electron chi connectivity index (χ3n) is 1.11. The number of hydrogen-bond donors (Lipinski definition) is 0. The van der Waals surface area contributed by atoms with Gasteiger partial charge >= 0.3 is 17.1 Å². The minimum absolute atomic E-state index is 0. The molecular formula is C8H8CuN2O. The van der Waals surface area contributed by atoms with Crippen LogP contribution < -0.4 is 4.74 Å². The molecule has 0 aliphatic rings. The Balaban J connectivity index is 0. The van der Waals surface area contributed by atoms with Gasteiger partial charge in [0.2, 0.25) is 0 Å². The van der Waals surface area contributed by atoms with Crippen molar-refractivity contribution in [3.8, 4) is 5.75 Å². The van der Waals surface area contributed by atoms with E-state index in [9.17, 15) is 0 Å². The predicted molar refractivity (Wildman–Crippen MR) is 41.9 cm³/mol. The molecule has 4 heteroatoms. The van der Waals surface area contributed by atoms with Gasteiger partial charge in [0.05, 0.1) is 7.11 Å². The molecule has 1 rings (SSSR count). The molecule has 0 unspecified atom stereocenters. The zero-order chi connectivity index (χ0) is 8.69. The summed E-state index contributed by atoms with van der Waals surface area (Å²) >= 11 is 0. The molecule has 12 heavy (non-hydrogen) atoms. The Morgan fingerprint density at radius 2 is 1.83 bits per heavy atom. The van der Waals surface area contributed by atoms with Crippen molar-refractivity contribution in [2.24, 2.45) is 0 Å². The molecule has 1 aromatic carbocycles. The van der Waals surface area contributed by atoms with Crippen molar-refractivity contribution in [2.45, 2.75) is 0 Å². The van der Waals surface area contributed by atoms with E-state index in [2.05, 4.69) is 0 Å². The Kier molecular flexibility index (Phi) is 8.87. The van der Waals surface area contributed by atoms with Crippen LogP contribution in [-0.4, -0.2) is 7.11 Å². The van der Waals surface area contributed by atoms with Crippen LogP contribution in [0.25, 0.3) is 5.73 Å². The van der Waals surface area contributed by atoms with Crippen molar-refractivity contribution in [2.75, 3.05) is 7.11 Å². The zero-order valence-electron chi connectivity index (χ0n) is 6.47. The molecule has 1 aromatic rings. The van der Waals surface area contributed by atoms with E-state index in [4.69, 9.17) is 22.3 Å². The Labute approximate surface area is 82.6 Å². The van der Waals surface area contributed by atoms with Crippen LogP contribution in [0, 0.1) is 11.8 Å². The van der Waals surface area contributed by atoms with Crippen molar-refractivity contribution in [3.05, 3.63) is 36.6 Å². The van der Waals surface area contributed by atoms with Crippen LogP contribution in [0.15, 0.2) is 24.3 Å². The van der Waals surface area contributed by atoms with Crippen molar-refractivity contribution >= 4 is 5.69 Å². The quantitative estimate of drug-likeness (QED) is 0.529.